The summed E-state index contributed by atoms with van der Waals surface area (Å²) in [6.07, 6.45) is 1.17. The Morgan fingerprint density at radius 3 is 2.44 bits per heavy atom. The van der Waals surface area contributed by atoms with Gasteiger partial charge in [0.05, 0.1) is 12.5 Å². The maximum atomic E-state index is 13.0. The molecule has 1 aromatic heterocycles. The lowest BCUT2D eigenvalue weighted by Crippen LogP contribution is -2.40. The van der Waals surface area contributed by atoms with E-state index in [1.807, 2.05) is 52.7 Å². The van der Waals surface area contributed by atoms with Gasteiger partial charge in [0.15, 0.2) is 0 Å². The summed E-state index contributed by atoms with van der Waals surface area (Å²) in [6.45, 7) is 6.23. The van der Waals surface area contributed by atoms with E-state index in [0.717, 1.165) is 16.9 Å². The van der Waals surface area contributed by atoms with Gasteiger partial charge in [-0.3, -0.25) is 9.59 Å². The van der Waals surface area contributed by atoms with Crippen molar-refractivity contribution in [2.75, 3.05) is 0 Å². The number of nitrogens with zero attached hydrogens (tertiary/aromatic N) is 1. The SMILES string of the molecule is CC[C@H](C)N(Cc1ccccc1)C(=O)C[C@@H](NC(C)=O)c1cccs1. The second-order valence-corrected chi connectivity index (χ2v) is 7.22. The van der Waals surface area contributed by atoms with E-state index in [4.69, 9.17) is 0 Å². The van der Waals surface area contributed by atoms with Gasteiger partial charge in [0.25, 0.3) is 0 Å². The molecule has 1 N–H and O–H groups in total. The summed E-state index contributed by atoms with van der Waals surface area (Å²) in [7, 11) is 0. The minimum atomic E-state index is -0.271. The molecule has 0 aliphatic heterocycles. The Morgan fingerprint density at radius 2 is 1.88 bits per heavy atom. The van der Waals surface area contributed by atoms with Gasteiger partial charge in [-0.25, -0.2) is 0 Å². The van der Waals surface area contributed by atoms with E-state index in [1.54, 1.807) is 11.3 Å². The van der Waals surface area contributed by atoms with Crippen molar-refractivity contribution in [2.45, 2.75) is 52.2 Å². The van der Waals surface area contributed by atoms with Crippen molar-refractivity contribution in [3.8, 4) is 0 Å². The monoisotopic (exact) mass is 358 g/mol. The third-order valence-corrected chi connectivity index (χ3v) is 5.27. The van der Waals surface area contributed by atoms with Crippen molar-refractivity contribution >= 4 is 23.2 Å². The number of carbonyl (C=O) groups is 2. The Labute approximate surface area is 153 Å². The number of benzene rings is 1. The summed E-state index contributed by atoms with van der Waals surface area (Å²) in [5.74, 6) is -0.0605. The van der Waals surface area contributed by atoms with Crippen LogP contribution in [0.5, 0.6) is 0 Å². The van der Waals surface area contributed by atoms with E-state index in [-0.39, 0.29) is 30.3 Å². The molecule has 0 saturated carbocycles. The lowest BCUT2D eigenvalue weighted by atomic mass is 10.1. The Bertz CT molecular complexity index is 670. The van der Waals surface area contributed by atoms with Crippen LogP contribution in [0, 0.1) is 0 Å². The van der Waals surface area contributed by atoms with Gasteiger partial charge in [-0.15, -0.1) is 11.3 Å². The fourth-order valence-electron chi connectivity index (χ4n) is 2.74. The quantitative estimate of drug-likeness (QED) is 0.771. The molecule has 0 bridgehead atoms. The van der Waals surface area contributed by atoms with Crippen LogP contribution in [0.25, 0.3) is 0 Å². The highest BCUT2D eigenvalue weighted by Crippen LogP contribution is 2.24. The molecule has 25 heavy (non-hydrogen) atoms. The summed E-state index contributed by atoms with van der Waals surface area (Å²) in [5, 5.41) is 4.88. The Morgan fingerprint density at radius 1 is 1.16 bits per heavy atom. The zero-order chi connectivity index (χ0) is 18.2. The molecular formula is C20H26N2O2S. The standard InChI is InChI=1S/C20H26N2O2S/c1-4-15(2)22(14-17-9-6-5-7-10-17)20(24)13-18(21-16(3)23)19-11-8-12-25-19/h5-12,15,18H,4,13-14H2,1-3H3,(H,21,23)/t15-,18+/m0/s1. The minimum absolute atomic E-state index is 0.0605. The van der Waals surface area contributed by atoms with Crippen molar-refractivity contribution in [1.29, 1.82) is 0 Å². The number of hydrogen-bond acceptors (Lipinski definition) is 3. The number of carbonyl (C=O) groups excluding carboxylic acids is 2. The van der Waals surface area contributed by atoms with Crippen molar-refractivity contribution in [2.24, 2.45) is 0 Å². The third-order valence-electron chi connectivity index (χ3n) is 4.28. The zero-order valence-electron chi connectivity index (χ0n) is 15.1. The molecule has 2 aromatic rings. The molecule has 0 fully saturated rings. The summed E-state index contributed by atoms with van der Waals surface area (Å²) in [5.41, 5.74) is 1.11. The van der Waals surface area contributed by atoms with Crippen LogP contribution in [0.1, 0.15) is 50.1 Å². The molecule has 0 unspecified atom stereocenters. The topological polar surface area (TPSA) is 49.4 Å². The average Bonchev–Trinajstić information content (AvgIpc) is 3.13. The molecule has 134 valence electrons. The first kappa shape index (κ1) is 19.2. The van der Waals surface area contributed by atoms with Crippen molar-refractivity contribution < 1.29 is 9.59 Å². The van der Waals surface area contributed by atoms with Crippen LogP contribution in [0.3, 0.4) is 0 Å². The molecule has 2 amide bonds. The molecule has 4 nitrogen and oxygen atoms in total. The highest BCUT2D eigenvalue weighted by atomic mass is 32.1. The molecule has 1 aromatic carbocycles. The van der Waals surface area contributed by atoms with E-state index >= 15 is 0 Å². The number of hydrogen-bond donors (Lipinski definition) is 1. The molecule has 1 heterocycles. The second kappa shape index (κ2) is 9.37. The molecule has 0 saturated heterocycles. The predicted molar refractivity (Wildman–Crippen MR) is 102 cm³/mol. The van der Waals surface area contributed by atoms with E-state index in [9.17, 15) is 9.59 Å². The van der Waals surface area contributed by atoms with Gasteiger partial charge in [-0.05, 0) is 30.4 Å². The van der Waals surface area contributed by atoms with Gasteiger partial charge < -0.3 is 10.2 Å². The van der Waals surface area contributed by atoms with Crippen LogP contribution >= 0.6 is 11.3 Å². The van der Waals surface area contributed by atoms with Gasteiger partial charge in [0, 0.05) is 24.4 Å². The largest absolute Gasteiger partial charge is 0.348 e. The van der Waals surface area contributed by atoms with Gasteiger partial charge in [-0.2, -0.15) is 0 Å². The molecule has 5 heteroatoms. The fraction of sp³-hybridized carbons (Fsp3) is 0.400. The number of rotatable bonds is 8. The smallest absolute Gasteiger partial charge is 0.225 e. The van der Waals surface area contributed by atoms with Gasteiger partial charge in [0.1, 0.15) is 0 Å². The van der Waals surface area contributed by atoms with Crippen LogP contribution in [0.15, 0.2) is 47.8 Å². The molecular weight excluding hydrogens is 332 g/mol. The fourth-order valence-corrected chi connectivity index (χ4v) is 3.52. The third kappa shape index (κ3) is 5.71. The first-order valence-electron chi connectivity index (χ1n) is 8.65. The summed E-state index contributed by atoms with van der Waals surface area (Å²) >= 11 is 1.56. The maximum Gasteiger partial charge on any atom is 0.225 e. The normalized spacial score (nSPS) is 13.1. The lowest BCUT2D eigenvalue weighted by Gasteiger charge is -2.30. The van der Waals surface area contributed by atoms with Crippen LogP contribution in [0.4, 0.5) is 0 Å². The lowest BCUT2D eigenvalue weighted by molar-refractivity contribution is -0.134. The van der Waals surface area contributed by atoms with E-state index in [2.05, 4.69) is 19.2 Å². The first-order chi connectivity index (χ1) is 12.0. The van der Waals surface area contributed by atoms with Gasteiger partial charge in [0.2, 0.25) is 11.8 Å². The van der Waals surface area contributed by atoms with Gasteiger partial charge in [-0.1, -0.05) is 43.3 Å². The van der Waals surface area contributed by atoms with E-state index < -0.39 is 0 Å². The van der Waals surface area contributed by atoms with Crippen LogP contribution in [-0.2, 0) is 16.1 Å². The number of nitrogens with one attached hydrogen (secondary N) is 1. The minimum Gasteiger partial charge on any atom is -0.348 e. The van der Waals surface area contributed by atoms with E-state index in [1.165, 1.54) is 6.92 Å². The van der Waals surface area contributed by atoms with Crippen molar-refractivity contribution in [3.05, 3.63) is 58.3 Å². The highest BCUT2D eigenvalue weighted by molar-refractivity contribution is 7.10. The highest BCUT2D eigenvalue weighted by Gasteiger charge is 2.24. The van der Waals surface area contributed by atoms with Crippen LogP contribution in [0.2, 0.25) is 0 Å². The average molecular weight is 359 g/mol. The Balaban J connectivity index is 2.15. The zero-order valence-corrected chi connectivity index (χ0v) is 15.9. The Kier molecular flexibility index (Phi) is 7.19. The number of thiophene rings is 1. The maximum absolute atomic E-state index is 13.0. The molecule has 0 spiro atoms. The molecule has 2 rings (SSSR count). The summed E-state index contributed by atoms with van der Waals surface area (Å²) in [4.78, 5) is 27.5. The molecule has 2 atom stereocenters. The Hall–Kier alpha value is -2.14. The van der Waals surface area contributed by atoms with Crippen LogP contribution < -0.4 is 5.32 Å². The van der Waals surface area contributed by atoms with Crippen molar-refractivity contribution in [1.82, 2.24) is 10.2 Å². The van der Waals surface area contributed by atoms with Gasteiger partial charge >= 0.3 is 0 Å². The molecule has 0 radical (unpaired) electrons. The molecule has 0 aliphatic carbocycles. The summed E-state index contributed by atoms with van der Waals surface area (Å²) < 4.78 is 0. The predicted octanol–water partition coefficient (Wildman–Crippen LogP) is 4.14. The first-order valence-corrected chi connectivity index (χ1v) is 9.53. The van der Waals surface area contributed by atoms with E-state index in [0.29, 0.717) is 6.54 Å². The number of amides is 2. The van der Waals surface area contributed by atoms with Crippen LogP contribution in [-0.4, -0.2) is 22.8 Å². The second-order valence-electron chi connectivity index (χ2n) is 6.24. The summed E-state index contributed by atoms with van der Waals surface area (Å²) in [6, 6.07) is 13.8. The van der Waals surface area contributed by atoms with Crippen molar-refractivity contribution in [3.63, 3.8) is 0 Å². The molecule has 0 aliphatic rings.